The van der Waals surface area contributed by atoms with Crippen molar-refractivity contribution in [3.63, 3.8) is 0 Å². The zero-order chi connectivity index (χ0) is 15.5. The number of carbonyl (C=O) groups is 1. The van der Waals surface area contributed by atoms with Gasteiger partial charge in [-0.2, -0.15) is 0 Å². The molecule has 4 nitrogen and oxygen atoms in total. The van der Waals surface area contributed by atoms with Crippen LogP contribution < -0.4 is 10.6 Å². The molecular weight excluding hydrogens is 357 g/mol. The molecule has 0 radical (unpaired) electrons. The molecule has 0 bridgehead atoms. The van der Waals surface area contributed by atoms with Crippen molar-refractivity contribution in [3.8, 4) is 0 Å². The highest BCUT2D eigenvalue weighted by Crippen LogP contribution is 2.24. The Hall–Kier alpha value is -0.520. The van der Waals surface area contributed by atoms with Crippen LogP contribution in [0.2, 0.25) is 10.0 Å². The Morgan fingerprint density at radius 3 is 2.48 bits per heavy atom. The number of piperidine rings is 1. The molecule has 2 heterocycles. The minimum atomic E-state index is 0. The first-order chi connectivity index (χ1) is 10.6. The van der Waals surface area contributed by atoms with Gasteiger partial charge in [0.2, 0.25) is 5.91 Å². The Balaban J connectivity index is 0.00000192. The second-order valence-corrected chi connectivity index (χ2v) is 6.98. The van der Waals surface area contributed by atoms with Gasteiger partial charge in [0.1, 0.15) is 0 Å². The number of hydrogen-bond acceptors (Lipinski definition) is 3. The predicted octanol–water partition coefficient (Wildman–Crippen LogP) is 2.72. The van der Waals surface area contributed by atoms with Crippen molar-refractivity contribution in [2.75, 3.05) is 26.2 Å². The Bertz CT molecular complexity index is 543. The average Bonchev–Trinajstić information content (AvgIpc) is 2.43. The van der Waals surface area contributed by atoms with Gasteiger partial charge in [-0.25, -0.2) is 0 Å². The summed E-state index contributed by atoms with van der Waals surface area (Å²) in [7, 11) is 0. The molecule has 2 aliphatic heterocycles. The summed E-state index contributed by atoms with van der Waals surface area (Å²) in [6.45, 7) is 4.51. The summed E-state index contributed by atoms with van der Waals surface area (Å²) >= 11 is 12.0. The SMILES string of the molecule is Cl.O=C(NC1CCN(Cc2ccc(Cl)c(Cl)c2)CC1)C1CNC1. The van der Waals surface area contributed by atoms with Crippen LogP contribution in [0.1, 0.15) is 18.4 Å². The van der Waals surface area contributed by atoms with Crippen LogP contribution in [-0.4, -0.2) is 43.0 Å². The number of carbonyl (C=O) groups excluding carboxylic acids is 1. The molecule has 0 spiro atoms. The molecule has 7 heteroatoms. The van der Waals surface area contributed by atoms with Crippen LogP contribution in [0, 0.1) is 5.92 Å². The number of halogens is 3. The van der Waals surface area contributed by atoms with Crippen LogP contribution in [0.4, 0.5) is 0 Å². The molecule has 2 aliphatic rings. The Kier molecular flexibility index (Phi) is 6.99. The van der Waals surface area contributed by atoms with Gasteiger partial charge < -0.3 is 10.6 Å². The number of amides is 1. The van der Waals surface area contributed by atoms with Crippen LogP contribution in [0.5, 0.6) is 0 Å². The van der Waals surface area contributed by atoms with E-state index >= 15 is 0 Å². The maximum atomic E-state index is 11.9. The first-order valence-electron chi connectivity index (χ1n) is 7.79. The highest BCUT2D eigenvalue weighted by atomic mass is 35.5. The molecule has 23 heavy (non-hydrogen) atoms. The summed E-state index contributed by atoms with van der Waals surface area (Å²) in [5.74, 6) is 0.385. The number of likely N-dealkylation sites (tertiary alicyclic amines) is 1. The maximum Gasteiger partial charge on any atom is 0.225 e. The Labute approximate surface area is 153 Å². The molecule has 0 unspecified atom stereocenters. The van der Waals surface area contributed by atoms with E-state index in [1.807, 2.05) is 18.2 Å². The summed E-state index contributed by atoms with van der Waals surface area (Å²) in [5.41, 5.74) is 1.18. The Morgan fingerprint density at radius 2 is 1.91 bits per heavy atom. The minimum Gasteiger partial charge on any atom is -0.353 e. The van der Waals surface area contributed by atoms with Crippen LogP contribution >= 0.6 is 35.6 Å². The zero-order valence-electron chi connectivity index (χ0n) is 12.9. The van der Waals surface area contributed by atoms with Crippen LogP contribution in [0.15, 0.2) is 18.2 Å². The van der Waals surface area contributed by atoms with Gasteiger partial charge in [-0.3, -0.25) is 9.69 Å². The third kappa shape index (κ3) is 4.97. The van der Waals surface area contributed by atoms with E-state index in [1.165, 1.54) is 5.56 Å². The molecular formula is C16H22Cl3N3O. The fourth-order valence-corrected chi connectivity index (χ4v) is 3.25. The standard InChI is InChI=1S/C16H21Cl2N3O.ClH/c17-14-2-1-11(7-15(14)18)10-21-5-3-13(4-6-21)20-16(22)12-8-19-9-12;/h1-2,7,12-13,19H,3-6,8-10H2,(H,20,22);1H. The van der Waals surface area contributed by atoms with Crippen LogP contribution in [0.3, 0.4) is 0 Å². The van der Waals surface area contributed by atoms with E-state index in [2.05, 4.69) is 15.5 Å². The van der Waals surface area contributed by atoms with Gasteiger partial charge in [0, 0.05) is 38.8 Å². The van der Waals surface area contributed by atoms with Crippen molar-refractivity contribution >= 4 is 41.5 Å². The highest BCUT2D eigenvalue weighted by Gasteiger charge is 2.28. The molecule has 3 rings (SSSR count). The topological polar surface area (TPSA) is 44.4 Å². The van der Waals surface area contributed by atoms with Crippen molar-refractivity contribution < 1.29 is 4.79 Å². The van der Waals surface area contributed by atoms with Crippen LogP contribution in [-0.2, 0) is 11.3 Å². The summed E-state index contributed by atoms with van der Waals surface area (Å²) in [6.07, 6.45) is 2.01. The third-order valence-corrected chi connectivity index (χ3v) is 5.22. The van der Waals surface area contributed by atoms with Gasteiger partial charge in [0.25, 0.3) is 0 Å². The number of nitrogens with zero attached hydrogens (tertiary/aromatic N) is 1. The van der Waals surface area contributed by atoms with Gasteiger partial charge in [-0.15, -0.1) is 12.4 Å². The van der Waals surface area contributed by atoms with E-state index in [-0.39, 0.29) is 24.2 Å². The van der Waals surface area contributed by atoms with Gasteiger partial charge in [0.05, 0.1) is 16.0 Å². The lowest BCUT2D eigenvalue weighted by molar-refractivity contribution is -0.127. The summed E-state index contributed by atoms with van der Waals surface area (Å²) in [5, 5.41) is 7.51. The van der Waals surface area contributed by atoms with Crippen molar-refractivity contribution in [1.29, 1.82) is 0 Å². The predicted molar refractivity (Wildman–Crippen MR) is 96.5 cm³/mol. The van der Waals surface area contributed by atoms with Gasteiger partial charge >= 0.3 is 0 Å². The molecule has 0 atom stereocenters. The van der Waals surface area contributed by atoms with Crippen molar-refractivity contribution in [2.45, 2.75) is 25.4 Å². The van der Waals surface area contributed by atoms with E-state index in [1.54, 1.807) is 0 Å². The van der Waals surface area contributed by atoms with E-state index in [0.717, 1.165) is 45.6 Å². The lowest BCUT2D eigenvalue weighted by atomic mass is 9.99. The summed E-state index contributed by atoms with van der Waals surface area (Å²) < 4.78 is 0. The maximum absolute atomic E-state index is 11.9. The fourth-order valence-electron chi connectivity index (χ4n) is 2.92. The molecule has 0 saturated carbocycles. The van der Waals surface area contributed by atoms with Gasteiger partial charge in [-0.05, 0) is 30.5 Å². The van der Waals surface area contributed by atoms with Crippen molar-refractivity contribution in [2.24, 2.45) is 5.92 Å². The largest absolute Gasteiger partial charge is 0.353 e. The zero-order valence-corrected chi connectivity index (χ0v) is 15.2. The number of benzene rings is 1. The molecule has 1 aromatic carbocycles. The smallest absolute Gasteiger partial charge is 0.225 e. The molecule has 128 valence electrons. The minimum absolute atomic E-state index is 0. The average molecular weight is 379 g/mol. The van der Waals surface area contributed by atoms with E-state index in [0.29, 0.717) is 16.1 Å². The highest BCUT2D eigenvalue weighted by molar-refractivity contribution is 6.42. The number of hydrogen-bond donors (Lipinski definition) is 2. The lowest BCUT2D eigenvalue weighted by Crippen LogP contribution is -2.54. The molecule has 0 aromatic heterocycles. The van der Waals surface area contributed by atoms with Gasteiger partial charge in [0.15, 0.2) is 0 Å². The van der Waals surface area contributed by atoms with E-state index in [4.69, 9.17) is 23.2 Å². The molecule has 0 aliphatic carbocycles. The monoisotopic (exact) mass is 377 g/mol. The van der Waals surface area contributed by atoms with Crippen LogP contribution in [0.25, 0.3) is 0 Å². The first-order valence-corrected chi connectivity index (χ1v) is 8.55. The molecule has 2 fully saturated rings. The summed E-state index contributed by atoms with van der Waals surface area (Å²) in [4.78, 5) is 14.3. The second kappa shape index (κ2) is 8.54. The van der Waals surface area contributed by atoms with Gasteiger partial charge in [-0.1, -0.05) is 29.3 Å². The second-order valence-electron chi connectivity index (χ2n) is 6.16. The third-order valence-electron chi connectivity index (χ3n) is 4.48. The Morgan fingerprint density at radius 1 is 1.22 bits per heavy atom. The molecule has 2 saturated heterocycles. The number of rotatable bonds is 4. The molecule has 1 amide bonds. The van der Waals surface area contributed by atoms with E-state index in [9.17, 15) is 4.79 Å². The summed E-state index contributed by atoms with van der Waals surface area (Å²) in [6, 6.07) is 6.12. The first kappa shape index (κ1) is 18.8. The van der Waals surface area contributed by atoms with Crippen molar-refractivity contribution in [1.82, 2.24) is 15.5 Å². The molecule has 1 aromatic rings. The molecule has 2 N–H and O–H groups in total. The van der Waals surface area contributed by atoms with Crippen molar-refractivity contribution in [3.05, 3.63) is 33.8 Å². The van der Waals surface area contributed by atoms with E-state index < -0.39 is 0 Å². The lowest BCUT2D eigenvalue weighted by Gasteiger charge is -2.34. The fraction of sp³-hybridized carbons (Fsp3) is 0.562. The number of nitrogens with one attached hydrogen (secondary N) is 2. The normalized spacial score (nSPS) is 19.7. The quantitative estimate of drug-likeness (QED) is 0.847.